The molecule has 28 heavy (non-hydrogen) atoms. The zero-order valence-electron chi connectivity index (χ0n) is 15.4. The van der Waals surface area contributed by atoms with E-state index in [1.54, 1.807) is 12.3 Å². The first-order valence-corrected chi connectivity index (χ1v) is 10.0. The highest BCUT2D eigenvalue weighted by Gasteiger charge is 2.36. The summed E-state index contributed by atoms with van der Waals surface area (Å²) in [6.45, 7) is 8.51. The number of hydrogen-bond donors (Lipinski definition) is 2. The zero-order valence-corrected chi connectivity index (χ0v) is 17.0. The molecular formula is C18H21F3N4OS2. The molecule has 0 aromatic heterocycles. The second-order valence-electron chi connectivity index (χ2n) is 5.84. The highest BCUT2D eigenvalue weighted by molar-refractivity contribution is 8.14. The Kier molecular flexibility index (Phi) is 9.41. The summed E-state index contributed by atoms with van der Waals surface area (Å²) in [5.74, 6) is -0.412. The molecule has 0 saturated heterocycles. The molecule has 1 aliphatic rings. The number of thioether (sulfide) groups is 2. The lowest BCUT2D eigenvalue weighted by molar-refractivity contribution is -0.117. The third-order valence-corrected chi connectivity index (χ3v) is 5.27. The molecule has 0 aliphatic heterocycles. The van der Waals surface area contributed by atoms with Gasteiger partial charge in [0.05, 0.1) is 33.9 Å². The third-order valence-electron chi connectivity index (χ3n) is 3.42. The monoisotopic (exact) mass is 430 g/mol. The van der Waals surface area contributed by atoms with Crippen molar-refractivity contribution in [2.45, 2.75) is 38.8 Å². The molecule has 0 atom stereocenters. The van der Waals surface area contributed by atoms with Crippen molar-refractivity contribution in [1.29, 1.82) is 5.26 Å². The van der Waals surface area contributed by atoms with Gasteiger partial charge in [0.15, 0.2) is 0 Å². The molecule has 1 amide bonds. The standard InChI is InChI=1S/C18H21F3N4OS2/c1-11(23)9-27-13(3)24-16(26)10-28-17(7-8-22)25-15-6-4-5-14(15)12(2)18(19,20)21/h9H,2-7,10,23H2,1H3,(H,24,26)/b11-9-,25-17+. The van der Waals surface area contributed by atoms with Gasteiger partial charge in [0.2, 0.25) is 5.91 Å². The summed E-state index contributed by atoms with van der Waals surface area (Å²) >= 11 is 2.17. The van der Waals surface area contributed by atoms with Crippen molar-refractivity contribution in [2.24, 2.45) is 10.7 Å². The Labute approximate surface area is 170 Å². The minimum Gasteiger partial charge on any atom is -0.402 e. The Balaban J connectivity index is 2.81. The van der Waals surface area contributed by atoms with E-state index in [0.29, 0.717) is 23.6 Å². The van der Waals surface area contributed by atoms with Crippen LogP contribution in [0.4, 0.5) is 13.2 Å². The second kappa shape index (κ2) is 11.0. The molecule has 1 aliphatic carbocycles. The van der Waals surface area contributed by atoms with Crippen molar-refractivity contribution >= 4 is 34.5 Å². The normalized spacial score (nSPS) is 15.4. The maximum absolute atomic E-state index is 12.9. The van der Waals surface area contributed by atoms with Crippen molar-refractivity contribution in [3.05, 3.63) is 46.1 Å². The van der Waals surface area contributed by atoms with Gasteiger partial charge in [0.1, 0.15) is 0 Å². The van der Waals surface area contributed by atoms with Crippen LogP contribution in [-0.2, 0) is 4.79 Å². The maximum Gasteiger partial charge on any atom is 0.416 e. The lowest BCUT2D eigenvalue weighted by Gasteiger charge is -2.12. The fourth-order valence-electron chi connectivity index (χ4n) is 2.22. The van der Waals surface area contributed by atoms with Crippen LogP contribution in [0.5, 0.6) is 0 Å². The van der Waals surface area contributed by atoms with E-state index in [2.05, 4.69) is 23.5 Å². The fourth-order valence-corrected chi connectivity index (χ4v) is 3.43. The van der Waals surface area contributed by atoms with Crippen LogP contribution < -0.4 is 11.1 Å². The van der Waals surface area contributed by atoms with Crippen molar-refractivity contribution in [3.63, 3.8) is 0 Å². The lowest BCUT2D eigenvalue weighted by atomic mass is 10.1. The summed E-state index contributed by atoms with van der Waals surface area (Å²) in [7, 11) is 0. The van der Waals surface area contributed by atoms with Crippen molar-refractivity contribution in [1.82, 2.24) is 5.32 Å². The summed E-state index contributed by atoms with van der Waals surface area (Å²) in [4.78, 5) is 16.2. The maximum atomic E-state index is 12.9. The number of nitrogens with two attached hydrogens (primary N) is 1. The molecule has 0 unspecified atom stereocenters. The molecule has 0 bridgehead atoms. The molecule has 0 aromatic carbocycles. The highest BCUT2D eigenvalue weighted by atomic mass is 32.2. The summed E-state index contributed by atoms with van der Waals surface area (Å²) in [5.41, 5.74) is 5.51. The quantitative estimate of drug-likeness (QED) is 0.429. The van der Waals surface area contributed by atoms with Crippen LogP contribution in [0.15, 0.2) is 51.1 Å². The van der Waals surface area contributed by atoms with E-state index in [9.17, 15) is 18.0 Å². The van der Waals surface area contributed by atoms with E-state index in [1.165, 1.54) is 0 Å². The summed E-state index contributed by atoms with van der Waals surface area (Å²) in [5, 5.41) is 13.8. The number of carbonyl (C=O) groups is 1. The molecular weight excluding hydrogens is 409 g/mol. The Morgan fingerprint density at radius 2 is 2.11 bits per heavy atom. The Morgan fingerprint density at radius 3 is 2.68 bits per heavy atom. The van der Waals surface area contributed by atoms with E-state index in [4.69, 9.17) is 11.0 Å². The van der Waals surface area contributed by atoms with Crippen LogP contribution in [0.3, 0.4) is 0 Å². The number of alkyl halides is 3. The first-order chi connectivity index (χ1) is 13.0. The molecule has 10 heteroatoms. The topological polar surface area (TPSA) is 91.3 Å². The zero-order chi connectivity index (χ0) is 21.3. The SMILES string of the molecule is C=C(NC(=O)CS/C(CC#N)=N/C1=C(C(=C)C(F)(F)F)CCC1)S/C=C(/C)N. The molecule has 0 radical (unpaired) electrons. The number of carbonyl (C=O) groups excluding carboxylic acids is 1. The van der Waals surface area contributed by atoms with Gasteiger partial charge in [0.25, 0.3) is 0 Å². The molecule has 5 nitrogen and oxygen atoms in total. The number of amides is 1. The van der Waals surface area contributed by atoms with Crippen molar-refractivity contribution < 1.29 is 18.0 Å². The first kappa shape index (κ1) is 23.9. The van der Waals surface area contributed by atoms with Crippen LogP contribution in [0.1, 0.15) is 32.6 Å². The average Bonchev–Trinajstić information content (AvgIpc) is 3.04. The predicted molar refractivity (Wildman–Crippen MR) is 109 cm³/mol. The van der Waals surface area contributed by atoms with E-state index in [-0.39, 0.29) is 40.8 Å². The molecule has 0 fully saturated rings. The Bertz CT molecular complexity index is 773. The lowest BCUT2D eigenvalue weighted by Crippen LogP contribution is -2.23. The van der Waals surface area contributed by atoms with Gasteiger partial charge >= 0.3 is 6.18 Å². The van der Waals surface area contributed by atoms with Gasteiger partial charge in [-0.3, -0.25) is 4.79 Å². The Hall–Kier alpha value is -2.12. The fraction of sp³-hybridized carbons (Fsp3) is 0.389. The minimum absolute atomic E-state index is 0.0474. The molecule has 3 N–H and O–H groups in total. The van der Waals surface area contributed by atoms with Crippen LogP contribution in [0.25, 0.3) is 0 Å². The smallest absolute Gasteiger partial charge is 0.402 e. The van der Waals surface area contributed by atoms with Crippen LogP contribution in [-0.4, -0.2) is 22.9 Å². The number of rotatable bonds is 8. The first-order valence-electron chi connectivity index (χ1n) is 8.18. The molecule has 0 saturated carbocycles. The highest BCUT2D eigenvalue weighted by Crippen LogP contribution is 2.39. The van der Waals surface area contributed by atoms with Gasteiger partial charge in [-0.05, 0) is 37.2 Å². The van der Waals surface area contributed by atoms with Crippen molar-refractivity contribution in [2.75, 3.05) is 5.75 Å². The van der Waals surface area contributed by atoms with Gasteiger partial charge in [-0.15, -0.1) is 0 Å². The third kappa shape index (κ3) is 8.27. The minimum atomic E-state index is -4.52. The molecule has 152 valence electrons. The van der Waals surface area contributed by atoms with Gasteiger partial charge in [-0.25, -0.2) is 4.99 Å². The number of halogens is 3. The number of aliphatic imine (C=N–C) groups is 1. The van der Waals surface area contributed by atoms with Gasteiger partial charge in [-0.2, -0.15) is 18.4 Å². The van der Waals surface area contributed by atoms with Gasteiger partial charge in [-0.1, -0.05) is 36.7 Å². The number of hydrogen-bond acceptors (Lipinski definition) is 6. The van der Waals surface area contributed by atoms with Crippen LogP contribution in [0, 0.1) is 11.3 Å². The van der Waals surface area contributed by atoms with Gasteiger partial charge in [0, 0.05) is 11.4 Å². The molecule has 0 aromatic rings. The predicted octanol–water partition coefficient (Wildman–Crippen LogP) is 4.73. The number of nitrogens with zero attached hydrogens (tertiary/aromatic N) is 2. The van der Waals surface area contributed by atoms with E-state index < -0.39 is 11.7 Å². The van der Waals surface area contributed by atoms with Crippen molar-refractivity contribution in [3.8, 4) is 6.07 Å². The Morgan fingerprint density at radius 1 is 1.43 bits per heavy atom. The molecule has 0 spiro atoms. The van der Waals surface area contributed by atoms with Crippen LogP contribution in [0.2, 0.25) is 0 Å². The summed E-state index contributed by atoms with van der Waals surface area (Å²) in [6.07, 6.45) is -3.45. The number of allylic oxidation sites excluding steroid dienone is 4. The van der Waals surface area contributed by atoms with E-state index >= 15 is 0 Å². The van der Waals surface area contributed by atoms with E-state index in [1.807, 2.05) is 6.07 Å². The molecule has 0 heterocycles. The molecule has 1 rings (SSSR count). The van der Waals surface area contributed by atoms with Crippen LogP contribution >= 0.6 is 23.5 Å². The largest absolute Gasteiger partial charge is 0.416 e. The summed E-state index contributed by atoms with van der Waals surface area (Å²) in [6, 6.07) is 1.92. The second-order valence-corrected chi connectivity index (χ2v) is 7.85. The average molecular weight is 431 g/mol. The summed E-state index contributed by atoms with van der Waals surface area (Å²) < 4.78 is 38.8. The van der Waals surface area contributed by atoms with E-state index in [0.717, 1.165) is 23.5 Å². The number of nitriles is 1. The van der Waals surface area contributed by atoms with Gasteiger partial charge < -0.3 is 11.1 Å². The number of nitrogens with one attached hydrogen (secondary N) is 1.